The van der Waals surface area contributed by atoms with E-state index in [9.17, 15) is 4.79 Å². The lowest BCUT2D eigenvalue weighted by molar-refractivity contribution is -0.121. The predicted molar refractivity (Wildman–Crippen MR) is 85.7 cm³/mol. The highest BCUT2D eigenvalue weighted by molar-refractivity contribution is 5.76. The SMILES string of the molecule is CC(C)CC1(CNC(=O)CCNC(C)(C)C)CCCC1. The Morgan fingerprint density at radius 2 is 1.80 bits per heavy atom. The number of rotatable bonds is 7. The maximum atomic E-state index is 12.0. The fraction of sp³-hybridized carbons (Fsp3) is 0.941. The van der Waals surface area contributed by atoms with Crippen LogP contribution < -0.4 is 10.6 Å². The summed E-state index contributed by atoms with van der Waals surface area (Å²) in [5, 5.41) is 6.54. The van der Waals surface area contributed by atoms with Crippen LogP contribution in [-0.2, 0) is 4.79 Å². The maximum absolute atomic E-state index is 12.0. The van der Waals surface area contributed by atoms with E-state index in [4.69, 9.17) is 0 Å². The van der Waals surface area contributed by atoms with E-state index in [1.54, 1.807) is 0 Å². The fourth-order valence-electron chi connectivity index (χ4n) is 3.37. The molecule has 0 heterocycles. The molecule has 0 unspecified atom stereocenters. The van der Waals surface area contributed by atoms with Crippen molar-refractivity contribution in [3.63, 3.8) is 0 Å². The van der Waals surface area contributed by atoms with Gasteiger partial charge < -0.3 is 10.6 Å². The third-order valence-electron chi connectivity index (χ3n) is 4.17. The topological polar surface area (TPSA) is 41.1 Å². The summed E-state index contributed by atoms with van der Waals surface area (Å²) in [6.07, 6.45) is 7.04. The molecular weight excluding hydrogens is 248 g/mol. The molecule has 118 valence electrons. The summed E-state index contributed by atoms with van der Waals surface area (Å²) in [7, 11) is 0. The molecule has 1 amide bonds. The Labute approximate surface area is 125 Å². The Balaban J connectivity index is 2.31. The third-order valence-corrected chi connectivity index (χ3v) is 4.17. The van der Waals surface area contributed by atoms with E-state index in [1.165, 1.54) is 32.1 Å². The first-order valence-corrected chi connectivity index (χ1v) is 8.24. The molecule has 0 aromatic carbocycles. The van der Waals surface area contributed by atoms with Crippen molar-refractivity contribution in [3.8, 4) is 0 Å². The molecule has 3 heteroatoms. The van der Waals surface area contributed by atoms with E-state index in [2.05, 4.69) is 45.3 Å². The quantitative estimate of drug-likeness (QED) is 0.750. The van der Waals surface area contributed by atoms with Gasteiger partial charge in [-0.25, -0.2) is 0 Å². The van der Waals surface area contributed by atoms with Crippen molar-refractivity contribution >= 4 is 5.91 Å². The molecule has 0 spiro atoms. The fourth-order valence-corrected chi connectivity index (χ4v) is 3.37. The van der Waals surface area contributed by atoms with Crippen molar-refractivity contribution in [1.29, 1.82) is 0 Å². The Morgan fingerprint density at radius 3 is 2.30 bits per heavy atom. The first-order valence-electron chi connectivity index (χ1n) is 8.24. The van der Waals surface area contributed by atoms with Gasteiger partial charge in [-0.2, -0.15) is 0 Å². The van der Waals surface area contributed by atoms with Crippen molar-refractivity contribution in [3.05, 3.63) is 0 Å². The van der Waals surface area contributed by atoms with Crippen molar-refractivity contribution in [2.24, 2.45) is 11.3 Å². The Hall–Kier alpha value is -0.570. The lowest BCUT2D eigenvalue weighted by Crippen LogP contribution is -2.40. The van der Waals surface area contributed by atoms with Crippen LogP contribution in [0.15, 0.2) is 0 Å². The zero-order valence-electron chi connectivity index (χ0n) is 14.1. The van der Waals surface area contributed by atoms with Crippen molar-refractivity contribution in [2.75, 3.05) is 13.1 Å². The average molecular weight is 282 g/mol. The molecule has 0 atom stereocenters. The van der Waals surface area contributed by atoms with Crippen LogP contribution >= 0.6 is 0 Å². The van der Waals surface area contributed by atoms with E-state index in [-0.39, 0.29) is 11.4 Å². The van der Waals surface area contributed by atoms with Crippen LogP contribution in [0.4, 0.5) is 0 Å². The second kappa shape index (κ2) is 7.44. The van der Waals surface area contributed by atoms with Crippen molar-refractivity contribution < 1.29 is 4.79 Å². The van der Waals surface area contributed by atoms with E-state index in [0.29, 0.717) is 17.8 Å². The molecule has 0 aromatic rings. The Bertz CT molecular complexity index is 299. The second-order valence-electron chi connectivity index (χ2n) is 8.01. The van der Waals surface area contributed by atoms with Crippen LogP contribution in [0.3, 0.4) is 0 Å². The van der Waals surface area contributed by atoms with Crippen LogP contribution in [0.2, 0.25) is 0 Å². The summed E-state index contributed by atoms with van der Waals surface area (Å²) >= 11 is 0. The molecule has 1 aliphatic carbocycles. The summed E-state index contributed by atoms with van der Waals surface area (Å²) in [5.74, 6) is 0.907. The number of hydrogen-bond donors (Lipinski definition) is 2. The number of nitrogens with one attached hydrogen (secondary N) is 2. The van der Waals surface area contributed by atoms with Crippen molar-refractivity contribution in [1.82, 2.24) is 10.6 Å². The highest BCUT2D eigenvalue weighted by Gasteiger charge is 2.34. The van der Waals surface area contributed by atoms with Crippen molar-refractivity contribution in [2.45, 2.75) is 78.7 Å². The van der Waals surface area contributed by atoms with Gasteiger partial charge in [-0.3, -0.25) is 4.79 Å². The summed E-state index contributed by atoms with van der Waals surface area (Å²) < 4.78 is 0. The summed E-state index contributed by atoms with van der Waals surface area (Å²) in [6.45, 7) is 12.6. The molecule has 0 aromatic heterocycles. The van der Waals surface area contributed by atoms with E-state index < -0.39 is 0 Å². The number of hydrogen-bond acceptors (Lipinski definition) is 2. The molecule has 1 aliphatic rings. The normalized spacial score (nSPS) is 18.5. The van der Waals surface area contributed by atoms with Gasteiger partial charge in [0.05, 0.1) is 0 Å². The molecular formula is C17H34N2O. The van der Waals surface area contributed by atoms with Gasteiger partial charge >= 0.3 is 0 Å². The smallest absolute Gasteiger partial charge is 0.221 e. The summed E-state index contributed by atoms with van der Waals surface area (Å²) in [5.41, 5.74) is 0.464. The molecule has 1 saturated carbocycles. The molecule has 2 N–H and O–H groups in total. The highest BCUT2D eigenvalue weighted by atomic mass is 16.1. The van der Waals surface area contributed by atoms with Crippen LogP contribution in [-0.4, -0.2) is 24.5 Å². The standard InChI is InChI=1S/C17H34N2O/c1-14(2)12-17(9-6-7-10-17)13-18-15(20)8-11-19-16(3,4)5/h14,19H,6-13H2,1-5H3,(H,18,20). The van der Waals surface area contributed by atoms with E-state index in [0.717, 1.165) is 13.1 Å². The minimum atomic E-state index is 0.0879. The largest absolute Gasteiger partial charge is 0.356 e. The van der Waals surface area contributed by atoms with E-state index >= 15 is 0 Å². The first-order chi connectivity index (χ1) is 9.22. The zero-order valence-corrected chi connectivity index (χ0v) is 14.1. The molecule has 1 rings (SSSR count). The summed E-state index contributed by atoms with van der Waals surface area (Å²) in [4.78, 5) is 12.0. The van der Waals surface area contributed by atoms with Gasteiger partial charge in [0.2, 0.25) is 5.91 Å². The number of carbonyl (C=O) groups excluding carboxylic acids is 1. The van der Waals surface area contributed by atoms with Gasteiger partial charge in [-0.1, -0.05) is 26.7 Å². The maximum Gasteiger partial charge on any atom is 0.221 e. The molecule has 0 aliphatic heterocycles. The lowest BCUT2D eigenvalue weighted by atomic mass is 9.78. The highest BCUT2D eigenvalue weighted by Crippen LogP contribution is 2.42. The third kappa shape index (κ3) is 6.74. The number of carbonyl (C=O) groups is 1. The Morgan fingerprint density at radius 1 is 1.20 bits per heavy atom. The van der Waals surface area contributed by atoms with Crippen LogP contribution in [0.5, 0.6) is 0 Å². The van der Waals surface area contributed by atoms with Gasteiger partial charge in [0.15, 0.2) is 0 Å². The zero-order chi connectivity index (χ0) is 15.2. The summed E-state index contributed by atoms with van der Waals surface area (Å²) in [6, 6.07) is 0. The lowest BCUT2D eigenvalue weighted by Gasteiger charge is -2.31. The molecule has 0 bridgehead atoms. The minimum Gasteiger partial charge on any atom is -0.356 e. The van der Waals surface area contributed by atoms with Gasteiger partial charge in [-0.15, -0.1) is 0 Å². The molecule has 1 fully saturated rings. The second-order valence-corrected chi connectivity index (χ2v) is 8.01. The minimum absolute atomic E-state index is 0.0879. The molecule has 20 heavy (non-hydrogen) atoms. The monoisotopic (exact) mass is 282 g/mol. The van der Waals surface area contributed by atoms with Gasteiger partial charge in [-0.05, 0) is 51.4 Å². The van der Waals surface area contributed by atoms with Crippen LogP contribution in [0, 0.1) is 11.3 Å². The van der Waals surface area contributed by atoms with E-state index in [1.807, 2.05) is 0 Å². The van der Waals surface area contributed by atoms with Gasteiger partial charge in [0.25, 0.3) is 0 Å². The van der Waals surface area contributed by atoms with Gasteiger partial charge in [0.1, 0.15) is 0 Å². The molecule has 0 saturated heterocycles. The molecule has 3 nitrogen and oxygen atoms in total. The Kier molecular flexibility index (Phi) is 6.50. The van der Waals surface area contributed by atoms with Gasteiger partial charge in [0, 0.05) is 25.0 Å². The first kappa shape index (κ1) is 17.5. The average Bonchev–Trinajstić information content (AvgIpc) is 2.73. The number of amides is 1. The van der Waals surface area contributed by atoms with Crippen LogP contribution in [0.1, 0.15) is 73.1 Å². The molecule has 0 radical (unpaired) electrons. The van der Waals surface area contributed by atoms with Crippen LogP contribution in [0.25, 0.3) is 0 Å². The predicted octanol–water partition coefficient (Wildman–Crippen LogP) is 3.49.